The summed E-state index contributed by atoms with van der Waals surface area (Å²) in [5, 5.41) is 2.82. The fraction of sp³-hybridized carbons (Fsp3) is 0.467. The average molecular weight is 293 g/mol. The summed E-state index contributed by atoms with van der Waals surface area (Å²) < 4.78 is 13.1. The Labute approximate surface area is 123 Å². The quantitative estimate of drug-likeness (QED) is 0.922. The molecule has 0 unspecified atom stereocenters. The molecule has 1 saturated heterocycles. The minimum absolute atomic E-state index is 0.0882. The molecule has 21 heavy (non-hydrogen) atoms. The Bertz CT molecular complexity index is 513. The van der Waals surface area contributed by atoms with E-state index in [4.69, 9.17) is 0 Å². The van der Waals surface area contributed by atoms with Crippen LogP contribution in [0.3, 0.4) is 0 Å². The number of nitrogens with one attached hydrogen (secondary N) is 1. The van der Waals surface area contributed by atoms with E-state index in [1.807, 2.05) is 6.92 Å². The van der Waals surface area contributed by atoms with E-state index in [-0.39, 0.29) is 11.9 Å². The SMILES string of the molecule is CCCNC(=O)N1CCN(C(=O)c2cccc(F)c2)CC1. The molecular formula is C15H20FN3O2. The van der Waals surface area contributed by atoms with Crippen LogP contribution in [0.1, 0.15) is 23.7 Å². The Morgan fingerprint density at radius 2 is 1.86 bits per heavy atom. The fourth-order valence-corrected chi connectivity index (χ4v) is 2.26. The lowest BCUT2D eigenvalue weighted by Crippen LogP contribution is -2.53. The number of urea groups is 1. The van der Waals surface area contributed by atoms with Gasteiger partial charge in [0.25, 0.3) is 5.91 Å². The molecule has 1 fully saturated rings. The van der Waals surface area contributed by atoms with Gasteiger partial charge in [-0.3, -0.25) is 4.79 Å². The molecule has 5 nitrogen and oxygen atoms in total. The summed E-state index contributed by atoms with van der Waals surface area (Å²) in [6, 6.07) is 5.59. The van der Waals surface area contributed by atoms with Gasteiger partial charge >= 0.3 is 6.03 Å². The van der Waals surface area contributed by atoms with Gasteiger partial charge in [-0.2, -0.15) is 0 Å². The topological polar surface area (TPSA) is 52.7 Å². The van der Waals surface area contributed by atoms with Crippen LogP contribution in [-0.2, 0) is 0 Å². The Balaban J connectivity index is 1.89. The van der Waals surface area contributed by atoms with Crippen LogP contribution in [0.25, 0.3) is 0 Å². The van der Waals surface area contributed by atoms with Crippen LogP contribution in [0.2, 0.25) is 0 Å². The van der Waals surface area contributed by atoms with Gasteiger partial charge < -0.3 is 15.1 Å². The van der Waals surface area contributed by atoms with E-state index in [0.29, 0.717) is 38.3 Å². The zero-order valence-electron chi connectivity index (χ0n) is 12.1. The van der Waals surface area contributed by atoms with Crippen molar-refractivity contribution in [3.05, 3.63) is 35.6 Å². The third-order valence-electron chi connectivity index (χ3n) is 3.45. The molecule has 1 heterocycles. The van der Waals surface area contributed by atoms with Crippen LogP contribution < -0.4 is 5.32 Å². The maximum absolute atomic E-state index is 13.1. The average Bonchev–Trinajstić information content (AvgIpc) is 2.52. The Hall–Kier alpha value is -2.11. The highest BCUT2D eigenvalue weighted by Crippen LogP contribution is 2.10. The molecule has 0 bridgehead atoms. The van der Waals surface area contributed by atoms with Crippen molar-refractivity contribution >= 4 is 11.9 Å². The third kappa shape index (κ3) is 3.93. The Morgan fingerprint density at radius 3 is 2.48 bits per heavy atom. The highest BCUT2D eigenvalue weighted by Gasteiger charge is 2.24. The van der Waals surface area contributed by atoms with Crippen LogP contribution in [-0.4, -0.2) is 54.5 Å². The first-order valence-electron chi connectivity index (χ1n) is 7.19. The van der Waals surface area contributed by atoms with Crippen molar-refractivity contribution in [3.63, 3.8) is 0 Å². The molecule has 0 atom stereocenters. The molecule has 1 aliphatic heterocycles. The van der Waals surface area contributed by atoms with Crippen molar-refractivity contribution in [2.45, 2.75) is 13.3 Å². The minimum atomic E-state index is -0.418. The van der Waals surface area contributed by atoms with Gasteiger partial charge in [0.15, 0.2) is 0 Å². The molecule has 0 spiro atoms. The predicted molar refractivity (Wildman–Crippen MR) is 77.6 cm³/mol. The molecule has 114 valence electrons. The zero-order chi connectivity index (χ0) is 15.2. The molecule has 1 aromatic carbocycles. The first-order chi connectivity index (χ1) is 10.1. The molecule has 1 aliphatic rings. The fourth-order valence-electron chi connectivity index (χ4n) is 2.26. The minimum Gasteiger partial charge on any atom is -0.338 e. The van der Waals surface area contributed by atoms with Crippen molar-refractivity contribution in [2.75, 3.05) is 32.7 Å². The highest BCUT2D eigenvalue weighted by atomic mass is 19.1. The second-order valence-corrected chi connectivity index (χ2v) is 5.02. The molecule has 3 amide bonds. The molecule has 0 aliphatic carbocycles. The molecule has 2 rings (SSSR count). The van der Waals surface area contributed by atoms with Gasteiger partial charge in [0, 0.05) is 38.3 Å². The van der Waals surface area contributed by atoms with Crippen molar-refractivity contribution in [1.82, 2.24) is 15.1 Å². The van der Waals surface area contributed by atoms with Crippen molar-refractivity contribution in [1.29, 1.82) is 0 Å². The molecule has 1 aromatic rings. The van der Waals surface area contributed by atoms with Crippen LogP contribution in [0.4, 0.5) is 9.18 Å². The molecule has 0 radical (unpaired) electrons. The Morgan fingerprint density at radius 1 is 1.19 bits per heavy atom. The van der Waals surface area contributed by atoms with E-state index >= 15 is 0 Å². The third-order valence-corrected chi connectivity index (χ3v) is 3.45. The van der Waals surface area contributed by atoms with Crippen LogP contribution >= 0.6 is 0 Å². The number of carbonyl (C=O) groups is 2. The number of nitrogens with zero attached hydrogens (tertiary/aromatic N) is 2. The molecule has 1 N–H and O–H groups in total. The summed E-state index contributed by atoms with van der Waals surface area (Å²) in [4.78, 5) is 27.4. The van der Waals surface area contributed by atoms with E-state index < -0.39 is 5.82 Å². The first kappa shape index (κ1) is 15.3. The molecular weight excluding hydrogens is 273 g/mol. The maximum Gasteiger partial charge on any atom is 0.317 e. The number of benzene rings is 1. The maximum atomic E-state index is 13.1. The van der Waals surface area contributed by atoms with Crippen molar-refractivity contribution < 1.29 is 14.0 Å². The predicted octanol–water partition coefficient (Wildman–Crippen LogP) is 1.70. The van der Waals surface area contributed by atoms with Crippen LogP contribution in [0.5, 0.6) is 0 Å². The summed E-state index contributed by atoms with van der Waals surface area (Å²) in [7, 11) is 0. The van der Waals surface area contributed by atoms with Crippen molar-refractivity contribution in [2.24, 2.45) is 0 Å². The number of rotatable bonds is 3. The highest BCUT2D eigenvalue weighted by molar-refractivity contribution is 5.94. The standard InChI is InChI=1S/C15H20FN3O2/c1-2-6-17-15(21)19-9-7-18(8-10-19)14(20)12-4-3-5-13(16)11-12/h3-5,11H,2,6-10H2,1H3,(H,17,21). The summed E-state index contributed by atoms with van der Waals surface area (Å²) in [5.41, 5.74) is 0.346. The lowest BCUT2D eigenvalue weighted by Gasteiger charge is -2.34. The van der Waals surface area contributed by atoms with E-state index in [0.717, 1.165) is 6.42 Å². The van der Waals surface area contributed by atoms with Gasteiger partial charge in [-0.1, -0.05) is 13.0 Å². The second-order valence-electron chi connectivity index (χ2n) is 5.02. The van der Waals surface area contributed by atoms with E-state index in [1.54, 1.807) is 15.9 Å². The summed E-state index contributed by atoms with van der Waals surface area (Å²) in [5.74, 6) is -0.610. The number of piperazine rings is 1. The number of carbonyl (C=O) groups excluding carboxylic acids is 2. The van der Waals surface area contributed by atoms with E-state index in [9.17, 15) is 14.0 Å². The first-order valence-corrected chi connectivity index (χ1v) is 7.19. The second kappa shape index (κ2) is 7.06. The van der Waals surface area contributed by atoms with E-state index in [1.165, 1.54) is 18.2 Å². The number of halogens is 1. The summed E-state index contributed by atoms with van der Waals surface area (Å²) in [6.07, 6.45) is 0.893. The van der Waals surface area contributed by atoms with Crippen LogP contribution in [0.15, 0.2) is 24.3 Å². The smallest absolute Gasteiger partial charge is 0.317 e. The number of amides is 3. The molecule has 6 heteroatoms. The number of hydrogen-bond donors (Lipinski definition) is 1. The van der Waals surface area contributed by atoms with Gasteiger partial charge in [0.2, 0.25) is 0 Å². The van der Waals surface area contributed by atoms with Gasteiger partial charge in [-0.05, 0) is 24.6 Å². The lowest BCUT2D eigenvalue weighted by atomic mass is 10.2. The lowest BCUT2D eigenvalue weighted by molar-refractivity contribution is 0.0664. The zero-order valence-corrected chi connectivity index (χ0v) is 12.1. The normalized spacial score (nSPS) is 15.0. The molecule has 0 saturated carbocycles. The largest absolute Gasteiger partial charge is 0.338 e. The molecule has 0 aromatic heterocycles. The number of hydrogen-bond acceptors (Lipinski definition) is 2. The van der Waals surface area contributed by atoms with Gasteiger partial charge in [-0.15, -0.1) is 0 Å². The van der Waals surface area contributed by atoms with Gasteiger partial charge in [-0.25, -0.2) is 9.18 Å². The summed E-state index contributed by atoms with van der Waals surface area (Å²) >= 11 is 0. The van der Waals surface area contributed by atoms with Gasteiger partial charge in [0.05, 0.1) is 0 Å². The van der Waals surface area contributed by atoms with Gasteiger partial charge in [0.1, 0.15) is 5.82 Å². The monoisotopic (exact) mass is 293 g/mol. The van der Waals surface area contributed by atoms with Crippen molar-refractivity contribution in [3.8, 4) is 0 Å². The van der Waals surface area contributed by atoms with Crippen LogP contribution in [0, 0.1) is 5.82 Å². The summed E-state index contributed by atoms with van der Waals surface area (Å²) in [6.45, 7) is 4.58. The Kier molecular flexibility index (Phi) is 5.14. The van der Waals surface area contributed by atoms with E-state index in [2.05, 4.69) is 5.32 Å².